The zero-order chi connectivity index (χ0) is 20.1. The smallest absolute Gasteiger partial charge is 0.194 e. The van der Waals surface area contributed by atoms with Gasteiger partial charge in [-0.1, -0.05) is 30.0 Å². The van der Waals surface area contributed by atoms with Crippen molar-refractivity contribution < 1.29 is 4.39 Å². The van der Waals surface area contributed by atoms with Crippen LogP contribution in [0.3, 0.4) is 0 Å². The highest BCUT2D eigenvalue weighted by Gasteiger charge is 2.27. The van der Waals surface area contributed by atoms with Crippen LogP contribution in [0.15, 0.2) is 53.7 Å². The number of benzene rings is 2. The highest BCUT2D eigenvalue weighted by atomic mass is 32.2. The van der Waals surface area contributed by atoms with Gasteiger partial charge in [-0.2, -0.15) is 0 Å². The van der Waals surface area contributed by atoms with Crippen LogP contribution in [-0.4, -0.2) is 25.6 Å². The molecule has 150 valence electrons. The van der Waals surface area contributed by atoms with Crippen LogP contribution in [0.25, 0.3) is 22.3 Å². The second kappa shape index (κ2) is 7.09. The highest BCUT2D eigenvalue weighted by molar-refractivity contribution is 7.99. The van der Waals surface area contributed by atoms with Crippen LogP contribution >= 0.6 is 11.8 Å². The maximum atomic E-state index is 13.4. The Morgan fingerprint density at radius 2 is 1.77 bits per heavy atom. The predicted octanol–water partition coefficient (Wildman–Crippen LogP) is 5.04. The third-order valence-electron chi connectivity index (χ3n) is 5.94. The summed E-state index contributed by atoms with van der Waals surface area (Å²) in [7, 11) is 0. The highest BCUT2D eigenvalue weighted by Crippen LogP contribution is 2.39. The molecule has 0 amide bonds. The van der Waals surface area contributed by atoms with E-state index in [9.17, 15) is 4.39 Å². The molecule has 2 aliphatic rings. The SMILES string of the molecule is Fc1ccc(-c2nnc3n2CN(c2c4c(nc5ccccc25)CCCC4)CS3)cc1. The summed E-state index contributed by atoms with van der Waals surface area (Å²) in [5, 5.41) is 10.9. The van der Waals surface area contributed by atoms with E-state index in [1.165, 1.54) is 47.3 Å². The molecule has 0 atom stereocenters. The lowest BCUT2D eigenvalue weighted by Gasteiger charge is -2.33. The largest absolute Gasteiger partial charge is 0.343 e. The summed E-state index contributed by atoms with van der Waals surface area (Å²) in [6.07, 6.45) is 4.53. The van der Waals surface area contributed by atoms with Gasteiger partial charge in [-0.3, -0.25) is 9.55 Å². The van der Waals surface area contributed by atoms with Crippen molar-refractivity contribution in [2.75, 3.05) is 10.8 Å². The third-order valence-corrected chi connectivity index (χ3v) is 6.94. The van der Waals surface area contributed by atoms with Crippen molar-refractivity contribution in [3.05, 3.63) is 65.6 Å². The number of aryl methyl sites for hydroxylation is 1. The molecule has 0 N–H and O–H groups in total. The molecular formula is C23H20FN5S. The molecule has 1 aliphatic heterocycles. The van der Waals surface area contributed by atoms with Gasteiger partial charge in [0.15, 0.2) is 11.0 Å². The van der Waals surface area contributed by atoms with Gasteiger partial charge in [-0.05, 0) is 61.6 Å². The van der Waals surface area contributed by atoms with E-state index in [1.54, 1.807) is 23.9 Å². The first-order valence-corrected chi connectivity index (χ1v) is 11.2. The molecule has 6 rings (SSSR count). The molecule has 0 bridgehead atoms. The lowest BCUT2D eigenvalue weighted by molar-refractivity contribution is 0.601. The van der Waals surface area contributed by atoms with E-state index >= 15 is 0 Å². The van der Waals surface area contributed by atoms with E-state index in [0.717, 1.165) is 40.8 Å². The number of hydrogen-bond acceptors (Lipinski definition) is 5. The number of halogens is 1. The molecule has 0 fully saturated rings. The van der Waals surface area contributed by atoms with Crippen LogP contribution < -0.4 is 4.90 Å². The normalized spacial score (nSPS) is 15.8. The molecule has 5 nitrogen and oxygen atoms in total. The maximum absolute atomic E-state index is 13.4. The van der Waals surface area contributed by atoms with E-state index in [-0.39, 0.29) is 5.82 Å². The maximum Gasteiger partial charge on any atom is 0.194 e. The molecule has 0 spiro atoms. The monoisotopic (exact) mass is 417 g/mol. The Bertz CT molecular complexity index is 1250. The molecule has 4 aromatic rings. The lowest BCUT2D eigenvalue weighted by Crippen LogP contribution is -2.32. The Labute approximate surface area is 178 Å². The Hall–Kier alpha value is -2.93. The van der Waals surface area contributed by atoms with Crippen molar-refractivity contribution >= 4 is 28.4 Å². The summed E-state index contributed by atoms with van der Waals surface area (Å²) in [6, 6.07) is 14.9. The fourth-order valence-electron chi connectivity index (χ4n) is 4.53. The second-order valence-electron chi connectivity index (χ2n) is 7.81. The number of thioether (sulfide) groups is 1. The minimum absolute atomic E-state index is 0.247. The molecule has 0 saturated heterocycles. The van der Waals surface area contributed by atoms with Crippen LogP contribution in [0, 0.1) is 5.82 Å². The van der Waals surface area contributed by atoms with Crippen LogP contribution in [0.4, 0.5) is 10.1 Å². The summed E-state index contributed by atoms with van der Waals surface area (Å²) in [4.78, 5) is 7.40. The number of para-hydroxylation sites is 1. The van der Waals surface area contributed by atoms with Gasteiger partial charge in [0, 0.05) is 16.6 Å². The number of rotatable bonds is 2. The molecule has 1 aliphatic carbocycles. The van der Waals surface area contributed by atoms with Gasteiger partial charge in [-0.15, -0.1) is 10.2 Å². The number of hydrogen-bond donors (Lipinski definition) is 0. The van der Waals surface area contributed by atoms with Crippen molar-refractivity contribution in [3.8, 4) is 11.4 Å². The topological polar surface area (TPSA) is 46.8 Å². The van der Waals surface area contributed by atoms with Gasteiger partial charge in [0.05, 0.1) is 23.7 Å². The van der Waals surface area contributed by atoms with Gasteiger partial charge in [0.25, 0.3) is 0 Å². The molecule has 7 heteroatoms. The number of anilines is 1. The average molecular weight is 418 g/mol. The second-order valence-corrected chi connectivity index (χ2v) is 8.72. The van der Waals surface area contributed by atoms with E-state index < -0.39 is 0 Å². The summed E-state index contributed by atoms with van der Waals surface area (Å²) in [5.41, 5.74) is 5.87. The Morgan fingerprint density at radius 3 is 2.67 bits per heavy atom. The van der Waals surface area contributed by atoms with Gasteiger partial charge >= 0.3 is 0 Å². The first-order chi connectivity index (χ1) is 14.8. The standard InChI is InChI=1S/C23H20FN5S/c24-16-11-9-15(10-12-16)22-26-27-23-29(22)13-28(14-30-23)21-17-5-1-3-7-19(17)25-20-8-4-2-6-18(20)21/h1,3,5,7,9-12H,2,4,6,8,13-14H2. The number of aromatic nitrogens is 4. The zero-order valence-electron chi connectivity index (χ0n) is 16.4. The van der Waals surface area contributed by atoms with Crippen LogP contribution in [0.5, 0.6) is 0 Å². The molecule has 30 heavy (non-hydrogen) atoms. The number of nitrogens with zero attached hydrogens (tertiary/aromatic N) is 5. The van der Waals surface area contributed by atoms with E-state index in [1.807, 2.05) is 0 Å². The average Bonchev–Trinajstić information content (AvgIpc) is 3.21. The van der Waals surface area contributed by atoms with E-state index in [0.29, 0.717) is 6.67 Å². The van der Waals surface area contributed by atoms with Gasteiger partial charge < -0.3 is 4.90 Å². The van der Waals surface area contributed by atoms with Crippen molar-refractivity contribution in [1.29, 1.82) is 0 Å². The molecular weight excluding hydrogens is 397 g/mol. The fourth-order valence-corrected chi connectivity index (χ4v) is 5.41. The van der Waals surface area contributed by atoms with Gasteiger partial charge in [0.1, 0.15) is 5.82 Å². The summed E-state index contributed by atoms with van der Waals surface area (Å²) in [6.45, 7) is 0.669. The van der Waals surface area contributed by atoms with Crippen LogP contribution in [-0.2, 0) is 19.5 Å². The first kappa shape index (κ1) is 17.9. The molecule has 0 unspecified atom stereocenters. The Kier molecular flexibility index (Phi) is 4.23. The van der Waals surface area contributed by atoms with Gasteiger partial charge in [-0.25, -0.2) is 4.39 Å². The molecule has 0 radical (unpaired) electrons. The minimum Gasteiger partial charge on any atom is -0.343 e. The minimum atomic E-state index is -0.247. The van der Waals surface area contributed by atoms with Crippen molar-refractivity contribution in [2.24, 2.45) is 0 Å². The van der Waals surface area contributed by atoms with Crippen molar-refractivity contribution in [2.45, 2.75) is 37.5 Å². The summed E-state index contributed by atoms with van der Waals surface area (Å²) >= 11 is 1.69. The van der Waals surface area contributed by atoms with Crippen molar-refractivity contribution in [1.82, 2.24) is 19.7 Å². The number of pyridine rings is 1. The van der Waals surface area contributed by atoms with E-state index in [4.69, 9.17) is 4.98 Å². The zero-order valence-corrected chi connectivity index (χ0v) is 17.2. The lowest BCUT2D eigenvalue weighted by atomic mass is 9.92. The first-order valence-electron chi connectivity index (χ1n) is 10.3. The third kappa shape index (κ3) is 2.88. The quantitative estimate of drug-likeness (QED) is 0.457. The summed E-state index contributed by atoms with van der Waals surface area (Å²) < 4.78 is 15.5. The molecule has 3 heterocycles. The van der Waals surface area contributed by atoms with Gasteiger partial charge in [0.2, 0.25) is 0 Å². The number of fused-ring (bicyclic) bond motifs is 3. The van der Waals surface area contributed by atoms with Crippen LogP contribution in [0.1, 0.15) is 24.1 Å². The summed E-state index contributed by atoms with van der Waals surface area (Å²) in [5.74, 6) is 1.35. The van der Waals surface area contributed by atoms with Crippen molar-refractivity contribution in [3.63, 3.8) is 0 Å². The molecule has 2 aromatic heterocycles. The van der Waals surface area contributed by atoms with E-state index in [2.05, 4.69) is 43.9 Å². The predicted molar refractivity (Wildman–Crippen MR) is 117 cm³/mol. The Morgan fingerprint density at radius 1 is 0.933 bits per heavy atom. The van der Waals surface area contributed by atoms with Crippen LogP contribution in [0.2, 0.25) is 0 Å². The Balaban J connectivity index is 1.47. The molecule has 2 aromatic carbocycles. The fraction of sp³-hybridized carbons (Fsp3) is 0.261. The molecule has 0 saturated carbocycles.